The highest BCUT2D eigenvalue weighted by molar-refractivity contribution is 6.24. The van der Waals surface area contributed by atoms with Crippen LogP contribution < -0.4 is 14.8 Å². The Bertz CT molecular complexity index is 1230. The fourth-order valence-electron chi connectivity index (χ4n) is 3.16. The SMILES string of the molecule is O=C(COC(=O)CN1C(=O)c2cccc([N+](=O)[O-])c2C1=O)Nc1ccc2c(c1)OC(F)(F)O2. The molecule has 0 spiro atoms. The quantitative estimate of drug-likeness (QED) is 0.292. The number of anilines is 1. The third kappa shape index (κ3) is 4.13. The summed E-state index contributed by atoms with van der Waals surface area (Å²) in [5.74, 6) is -4.49. The van der Waals surface area contributed by atoms with Crippen molar-refractivity contribution in [3.8, 4) is 11.5 Å². The van der Waals surface area contributed by atoms with Gasteiger partial charge >= 0.3 is 12.3 Å². The number of imide groups is 1. The number of esters is 1. The predicted octanol–water partition coefficient (Wildman–Crippen LogP) is 1.69. The van der Waals surface area contributed by atoms with Gasteiger partial charge in [-0.3, -0.25) is 34.2 Å². The zero-order chi connectivity index (χ0) is 23.9. The van der Waals surface area contributed by atoms with Crippen molar-refractivity contribution < 1.29 is 47.1 Å². The number of fused-ring (bicyclic) bond motifs is 2. The fraction of sp³-hybridized carbons (Fsp3) is 0.158. The zero-order valence-electron chi connectivity index (χ0n) is 16.2. The first-order chi connectivity index (χ1) is 15.6. The number of rotatable bonds is 6. The molecular formula is C19H11F2N3O9. The van der Waals surface area contributed by atoms with E-state index in [0.29, 0.717) is 4.90 Å². The molecule has 0 saturated carbocycles. The van der Waals surface area contributed by atoms with Crippen LogP contribution in [0.3, 0.4) is 0 Å². The minimum Gasteiger partial charge on any atom is -0.454 e. The second-order valence-corrected chi connectivity index (χ2v) is 6.69. The summed E-state index contributed by atoms with van der Waals surface area (Å²) >= 11 is 0. The van der Waals surface area contributed by atoms with Crippen molar-refractivity contribution in [2.24, 2.45) is 0 Å². The topological polar surface area (TPSA) is 154 Å². The Morgan fingerprint density at radius 2 is 1.85 bits per heavy atom. The number of halogens is 2. The molecule has 0 aromatic heterocycles. The number of ether oxygens (including phenoxy) is 3. The van der Waals surface area contributed by atoms with Gasteiger partial charge in [-0.2, -0.15) is 0 Å². The normalized spacial score (nSPS) is 15.3. The molecule has 0 radical (unpaired) electrons. The molecule has 0 saturated heterocycles. The van der Waals surface area contributed by atoms with Crippen molar-refractivity contribution in [3.05, 3.63) is 57.6 Å². The monoisotopic (exact) mass is 463 g/mol. The molecule has 0 unspecified atom stereocenters. The lowest BCUT2D eigenvalue weighted by molar-refractivity contribution is -0.385. The van der Waals surface area contributed by atoms with E-state index >= 15 is 0 Å². The summed E-state index contributed by atoms with van der Waals surface area (Å²) in [7, 11) is 0. The Hall–Kier alpha value is -4.62. The van der Waals surface area contributed by atoms with Gasteiger partial charge < -0.3 is 19.5 Å². The van der Waals surface area contributed by atoms with Crippen LogP contribution in [0.15, 0.2) is 36.4 Å². The fourth-order valence-corrected chi connectivity index (χ4v) is 3.16. The van der Waals surface area contributed by atoms with Gasteiger partial charge in [0.25, 0.3) is 23.4 Å². The van der Waals surface area contributed by atoms with Gasteiger partial charge in [0.15, 0.2) is 18.1 Å². The molecule has 170 valence electrons. The highest BCUT2D eigenvalue weighted by atomic mass is 19.3. The number of nitrogens with one attached hydrogen (secondary N) is 1. The number of amides is 3. The molecule has 4 rings (SSSR count). The van der Waals surface area contributed by atoms with Crippen molar-refractivity contribution in [2.75, 3.05) is 18.5 Å². The molecule has 0 atom stereocenters. The molecule has 33 heavy (non-hydrogen) atoms. The molecule has 2 aliphatic rings. The minimum atomic E-state index is -3.83. The summed E-state index contributed by atoms with van der Waals surface area (Å²) in [6.07, 6.45) is -3.83. The molecule has 3 amide bonds. The van der Waals surface area contributed by atoms with Gasteiger partial charge in [0, 0.05) is 17.8 Å². The number of nitro benzene ring substituents is 1. The number of carbonyl (C=O) groups is 4. The Labute approximate surface area is 181 Å². The number of nitro groups is 1. The van der Waals surface area contributed by atoms with E-state index < -0.39 is 59.3 Å². The molecule has 0 bridgehead atoms. The summed E-state index contributed by atoms with van der Waals surface area (Å²) < 4.78 is 39.3. The number of benzene rings is 2. The minimum absolute atomic E-state index is 0.0451. The van der Waals surface area contributed by atoms with Crippen LogP contribution in [-0.4, -0.2) is 53.0 Å². The van der Waals surface area contributed by atoms with Crippen LogP contribution in [0.2, 0.25) is 0 Å². The van der Waals surface area contributed by atoms with Gasteiger partial charge in [0.1, 0.15) is 12.1 Å². The lowest BCUT2D eigenvalue weighted by atomic mass is 10.1. The van der Waals surface area contributed by atoms with Crippen LogP contribution in [-0.2, 0) is 14.3 Å². The second kappa shape index (κ2) is 7.81. The number of hydrogen-bond acceptors (Lipinski definition) is 9. The van der Waals surface area contributed by atoms with Gasteiger partial charge in [-0.25, -0.2) is 0 Å². The molecule has 2 aromatic rings. The van der Waals surface area contributed by atoms with Gasteiger partial charge in [-0.05, 0) is 18.2 Å². The van der Waals surface area contributed by atoms with Crippen LogP contribution in [0.1, 0.15) is 20.7 Å². The average molecular weight is 463 g/mol. The number of carbonyl (C=O) groups excluding carboxylic acids is 4. The first kappa shape index (κ1) is 21.6. The Morgan fingerprint density at radius 1 is 1.12 bits per heavy atom. The van der Waals surface area contributed by atoms with Gasteiger partial charge in [0.2, 0.25) is 0 Å². The van der Waals surface area contributed by atoms with Crippen molar-refractivity contribution in [1.82, 2.24) is 4.90 Å². The number of hydrogen-bond donors (Lipinski definition) is 1. The van der Waals surface area contributed by atoms with Crippen LogP contribution >= 0.6 is 0 Å². The van der Waals surface area contributed by atoms with Gasteiger partial charge in [-0.15, -0.1) is 8.78 Å². The Morgan fingerprint density at radius 3 is 2.58 bits per heavy atom. The van der Waals surface area contributed by atoms with Crippen molar-refractivity contribution in [2.45, 2.75) is 6.29 Å². The number of alkyl halides is 2. The molecule has 0 aliphatic carbocycles. The zero-order valence-corrected chi connectivity index (χ0v) is 16.2. The standard InChI is InChI=1S/C19H11F2N3O9/c20-19(21)32-12-5-4-9(6-13(12)33-19)22-14(25)8-31-15(26)7-23-17(27)10-2-1-3-11(24(29)30)16(10)18(23)28/h1-6H,7-8H2,(H,22,25). The van der Waals surface area contributed by atoms with Crippen LogP contribution in [0, 0.1) is 10.1 Å². The summed E-state index contributed by atoms with van der Waals surface area (Å²) in [6, 6.07) is 6.94. The predicted molar refractivity (Wildman–Crippen MR) is 101 cm³/mol. The third-order valence-electron chi connectivity index (χ3n) is 4.51. The van der Waals surface area contributed by atoms with Crippen LogP contribution in [0.4, 0.5) is 20.2 Å². The maximum atomic E-state index is 13.0. The summed E-state index contributed by atoms with van der Waals surface area (Å²) in [5, 5.41) is 13.4. The van der Waals surface area contributed by atoms with Crippen molar-refractivity contribution in [1.29, 1.82) is 0 Å². The highest BCUT2D eigenvalue weighted by Gasteiger charge is 2.44. The summed E-state index contributed by atoms with van der Waals surface area (Å²) in [6.45, 7) is -1.71. The molecule has 2 aromatic carbocycles. The van der Waals surface area contributed by atoms with E-state index in [4.69, 9.17) is 4.74 Å². The smallest absolute Gasteiger partial charge is 0.454 e. The lowest BCUT2D eigenvalue weighted by Crippen LogP contribution is -2.36. The third-order valence-corrected chi connectivity index (χ3v) is 4.51. The lowest BCUT2D eigenvalue weighted by Gasteiger charge is -2.13. The first-order valence-electron chi connectivity index (χ1n) is 9.05. The number of nitrogens with zero attached hydrogens (tertiary/aromatic N) is 2. The van der Waals surface area contributed by atoms with Crippen molar-refractivity contribution >= 4 is 35.1 Å². The molecule has 2 heterocycles. The molecule has 14 heteroatoms. The first-order valence-corrected chi connectivity index (χ1v) is 9.05. The molecule has 1 N–H and O–H groups in total. The Balaban J connectivity index is 1.33. The van der Waals surface area contributed by atoms with Gasteiger partial charge in [0.05, 0.1) is 10.5 Å². The van der Waals surface area contributed by atoms with E-state index in [0.717, 1.165) is 18.2 Å². The highest BCUT2D eigenvalue weighted by Crippen LogP contribution is 2.42. The van der Waals surface area contributed by atoms with E-state index in [1.54, 1.807) is 0 Å². The van der Waals surface area contributed by atoms with E-state index in [1.807, 2.05) is 0 Å². The van der Waals surface area contributed by atoms with Crippen molar-refractivity contribution in [3.63, 3.8) is 0 Å². The van der Waals surface area contributed by atoms with E-state index in [1.165, 1.54) is 18.2 Å². The van der Waals surface area contributed by atoms with Crippen LogP contribution in [0.25, 0.3) is 0 Å². The van der Waals surface area contributed by atoms with E-state index in [9.17, 15) is 38.1 Å². The molecule has 2 aliphatic heterocycles. The molecular weight excluding hydrogens is 452 g/mol. The van der Waals surface area contributed by atoms with E-state index in [2.05, 4.69) is 14.8 Å². The maximum absolute atomic E-state index is 13.0. The summed E-state index contributed by atoms with van der Waals surface area (Å²) in [4.78, 5) is 59.5. The van der Waals surface area contributed by atoms with Crippen LogP contribution in [0.5, 0.6) is 11.5 Å². The molecule has 12 nitrogen and oxygen atoms in total. The average Bonchev–Trinajstić information content (AvgIpc) is 3.19. The van der Waals surface area contributed by atoms with Gasteiger partial charge in [-0.1, -0.05) is 6.07 Å². The van der Waals surface area contributed by atoms with E-state index in [-0.39, 0.29) is 22.7 Å². The second-order valence-electron chi connectivity index (χ2n) is 6.69. The molecule has 0 fully saturated rings. The largest absolute Gasteiger partial charge is 0.586 e. The summed E-state index contributed by atoms with van der Waals surface area (Å²) in [5.41, 5.74) is -1.20. The Kier molecular flexibility index (Phi) is 5.12. The maximum Gasteiger partial charge on any atom is 0.586 e.